The summed E-state index contributed by atoms with van der Waals surface area (Å²) in [4.78, 5) is 8.04. The maximum atomic E-state index is 6.01. The van der Waals surface area contributed by atoms with Gasteiger partial charge in [-0.3, -0.25) is 0 Å². The summed E-state index contributed by atoms with van der Waals surface area (Å²) in [7, 11) is 1.54. The van der Waals surface area contributed by atoms with Gasteiger partial charge < -0.3 is 20.9 Å². The highest BCUT2D eigenvalue weighted by molar-refractivity contribution is 6.89. The van der Waals surface area contributed by atoms with Crippen molar-refractivity contribution in [2.75, 3.05) is 25.7 Å². The Hall–Kier alpha value is -2.72. The zero-order valence-electron chi connectivity index (χ0n) is 15.3. The van der Waals surface area contributed by atoms with E-state index in [4.69, 9.17) is 27.4 Å². The molecule has 0 fully saturated rings. The van der Waals surface area contributed by atoms with Crippen LogP contribution >= 0.6 is 0 Å². The molecule has 25 heavy (non-hydrogen) atoms. The summed E-state index contributed by atoms with van der Waals surface area (Å²) in [5.41, 5.74) is 13.1. The minimum absolute atomic E-state index is 0.118. The second-order valence-electron chi connectivity index (χ2n) is 6.72. The van der Waals surface area contributed by atoms with Crippen molar-refractivity contribution in [3.05, 3.63) is 29.5 Å². The number of rotatable bonds is 5. The van der Waals surface area contributed by atoms with Gasteiger partial charge in [0.05, 0.1) is 28.2 Å². The summed E-state index contributed by atoms with van der Waals surface area (Å²) in [5, 5.41) is 1.12. The Morgan fingerprint density at radius 1 is 1.16 bits per heavy atom. The quantitative estimate of drug-likeness (QED) is 0.628. The van der Waals surface area contributed by atoms with Crippen LogP contribution in [0.4, 0.5) is 11.8 Å². The molecular weight excluding hydrogens is 332 g/mol. The van der Waals surface area contributed by atoms with Gasteiger partial charge >= 0.3 is 0 Å². The summed E-state index contributed by atoms with van der Waals surface area (Å²) in [5.74, 6) is 4.17. The summed E-state index contributed by atoms with van der Waals surface area (Å²) in [6, 6.07) is 3.96. The SMILES string of the molecule is C#CC(c1cc(OC)c(OC)c([Si](C)(C)C)c1)c1cnc(N)nc1N. The monoisotopic (exact) mass is 356 g/mol. The molecule has 1 aromatic heterocycles. The van der Waals surface area contributed by atoms with Crippen LogP contribution in [0.3, 0.4) is 0 Å². The van der Waals surface area contributed by atoms with Crippen molar-refractivity contribution in [3.63, 3.8) is 0 Å². The van der Waals surface area contributed by atoms with E-state index < -0.39 is 14.0 Å². The van der Waals surface area contributed by atoms with Crippen molar-refractivity contribution < 1.29 is 9.47 Å². The third kappa shape index (κ3) is 3.69. The number of benzene rings is 1. The molecule has 1 heterocycles. The number of nitrogens with zero attached hydrogens (tertiary/aromatic N) is 2. The minimum atomic E-state index is -1.72. The summed E-state index contributed by atoms with van der Waals surface area (Å²) < 4.78 is 11.1. The molecule has 7 heteroatoms. The van der Waals surface area contributed by atoms with Crippen molar-refractivity contribution >= 4 is 25.0 Å². The lowest BCUT2D eigenvalue weighted by Gasteiger charge is -2.24. The Balaban J connectivity index is 2.70. The first-order chi connectivity index (χ1) is 11.7. The fraction of sp³-hybridized carbons (Fsp3) is 0.333. The van der Waals surface area contributed by atoms with E-state index in [1.54, 1.807) is 20.4 Å². The average Bonchev–Trinajstić information content (AvgIpc) is 2.55. The number of methoxy groups -OCH3 is 2. The van der Waals surface area contributed by atoms with E-state index in [0.29, 0.717) is 11.3 Å². The summed E-state index contributed by atoms with van der Waals surface area (Å²) in [6.07, 6.45) is 7.39. The van der Waals surface area contributed by atoms with Crippen LogP contribution in [-0.2, 0) is 0 Å². The zero-order valence-corrected chi connectivity index (χ0v) is 16.3. The molecule has 0 saturated heterocycles. The summed E-state index contributed by atoms with van der Waals surface area (Å²) >= 11 is 0. The Labute approximate surface area is 149 Å². The van der Waals surface area contributed by atoms with Gasteiger partial charge in [0.2, 0.25) is 5.95 Å². The van der Waals surface area contributed by atoms with E-state index in [2.05, 4.69) is 41.6 Å². The highest BCUT2D eigenvalue weighted by Crippen LogP contribution is 2.34. The predicted octanol–water partition coefficient (Wildman–Crippen LogP) is 1.97. The van der Waals surface area contributed by atoms with Gasteiger partial charge in [0.15, 0.2) is 11.5 Å². The molecule has 1 atom stereocenters. The lowest BCUT2D eigenvalue weighted by atomic mass is 9.93. The van der Waals surface area contributed by atoms with Crippen LogP contribution in [0.25, 0.3) is 0 Å². The normalized spacial score (nSPS) is 12.3. The Morgan fingerprint density at radius 2 is 1.84 bits per heavy atom. The first kappa shape index (κ1) is 18.6. The van der Waals surface area contributed by atoms with Crippen LogP contribution in [0.1, 0.15) is 17.0 Å². The van der Waals surface area contributed by atoms with Gasteiger partial charge in [-0.25, -0.2) is 4.98 Å². The predicted molar refractivity (Wildman–Crippen MR) is 104 cm³/mol. The van der Waals surface area contributed by atoms with Crippen molar-refractivity contribution in [2.45, 2.75) is 25.6 Å². The third-order valence-electron chi connectivity index (χ3n) is 3.99. The van der Waals surface area contributed by atoms with E-state index in [0.717, 1.165) is 16.5 Å². The highest BCUT2D eigenvalue weighted by Gasteiger charge is 2.27. The number of hydrogen-bond acceptors (Lipinski definition) is 6. The lowest BCUT2D eigenvalue weighted by Crippen LogP contribution is -2.39. The van der Waals surface area contributed by atoms with Crippen LogP contribution in [0.2, 0.25) is 19.6 Å². The largest absolute Gasteiger partial charge is 0.493 e. The van der Waals surface area contributed by atoms with Crippen LogP contribution in [0.5, 0.6) is 11.5 Å². The number of hydrogen-bond donors (Lipinski definition) is 2. The number of terminal acetylenes is 1. The minimum Gasteiger partial charge on any atom is -0.493 e. The fourth-order valence-corrected chi connectivity index (χ4v) is 4.22. The molecule has 0 aliphatic carbocycles. The molecule has 132 valence electrons. The number of anilines is 2. The molecule has 6 nitrogen and oxygen atoms in total. The third-order valence-corrected chi connectivity index (χ3v) is 5.97. The van der Waals surface area contributed by atoms with Gasteiger partial charge in [-0.15, -0.1) is 6.42 Å². The van der Waals surface area contributed by atoms with Gasteiger partial charge in [0.1, 0.15) is 5.82 Å². The van der Waals surface area contributed by atoms with Crippen molar-refractivity contribution in [3.8, 4) is 23.8 Å². The van der Waals surface area contributed by atoms with Crippen molar-refractivity contribution in [1.29, 1.82) is 0 Å². The van der Waals surface area contributed by atoms with E-state index in [-0.39, 0.29) is 11.8 Å². The molecule has 0 amide bonds. The highest BCUT2D eigenvalue weighted by atomic mass is 28.3. The van der Waals surface area contributed by atoms with Gasteiger partial charge in [0.25, 0.3) is 0 Å². The van der Waals surface area contributed by atoms with Crippen molar-refractivity contribution in [2.24, 2.45) is 0 Å². The van der Waals surface area contributed by atoms with E-state index in [1.165, 1.54) is 0 Å². The molecule has 0 bridgehead atoms. The molecule has 1 unspecified atom stereocenters. The fourth-order valence-electron chi connectivity index (χ4n) is 2.72. The Bertz CT molecular complexity index is 825. The first-order valence-corrected chi connectivity index (χ1v) is 11.3. The Morgan fingerprint density at radius 3 is 2.32 bits per heavy atom. The van der Waals surface area contributed by atoms with Crippen LogP contribution in [-0.4, -0.2) is 32.3 Å². The molecule has 0 saturated carbocycles. The Kier molecular flexibility index (Phi) is 5.23. The molecule has 2 rings (SSSR count). The van der Waals surface area contributed by atoms with Gasteiger partial charge in [-0.05, 0) is 16.8 Å². The molecule has 1 aromatic carbocycles. The molecule has 4 N–H and O–H groups in total. The molecule has 0 spiro atoms. The lowest BCUT2D eigenvalue weighted by molar-refractivity contribution is 0.356. The maximum absolute atomic E-state index is 6.01. The van der Waals surface area contributed by atoms with Crippen LogP contribution in [0, 0.1) is 12.3 Å². The standard InChI is InChI=1S/C18H24N4O2Si/c1-7-12(13-10-21-18(20)22-17(13)19)11-8-14(23-2)16(24-3)15(9-11)25(4,5)6/h1,8-10,12H,2-6H3,(H4,19,20,21,22). The average molecular weight is 357 g/mol. The number of nitrogen functional groups attached to an aromatic ring is 2. The van der Waals surface area contributed by atoms with Gasteiger partial charge in [-0.1, -0.05) is 31.6 Å². The number of ether oxygens (including phenoxy) is 2. The molecular formula is C18H24N4O2Si. The second-order valence-corrected chi connectivity index (χ2v) is 11.8. The molecule has 0 radical (unpaired) electrons. The zero-order chi connectivity index (χ0) is 18.8. The van der Waals surface area contributed by atoms with Crippen LogP contribution < -0.4 is 26.1 Å². The van der Waals surface area contributed by atoms with Gasteiger partial charge in [-0.2, -0.15) is 4.98 Å². The number of aromatic nitrogens is 2. The molecule has 0 aliphatic heterocycles. The maximum Gasteiger partial charge on any atom is 0.221 e. The van der Waals surface area contributed by atoms with Gasteiger partial charge in [0, 0.05) is 11.8 Å². The summed E-state index contributed by atoms with van der Waals surface area (Å²) in [6.45, 7) is 6.71. The van der Waals surface area contributed by atoms with E-state index in [9.17, 15) is 0 Å². The first-order valence-electron chi connectivity index (χ1n) is 7.83. The topological polar surface area (TPSA) is 96.3 Å². The number of nitrogens with two attached hydrogens (primary N) is 2. The molecule has 2 aromatic rings. The molecule has 0 aliphatic rings. The van der Waals surface area contributed by atoms with Crippen LogP contribution in [0.15, 0.2) is 18.3 Å². The van der Waals surface area contributed by atoms with E-state index in [1.807, 2.05) is 6.07 Å². The second kappa shape index (κ2) is 7.03. The smallest absolute Gasteiger partial charge is 0.221 e. The van der Waals surface area contributed by atoms with E-state index >= 15 is 0 Å². The van der Waals surface area contributed by atoms with Crippen molar-refractivity contribution in [1.82, 2.24) is 9.97 Å².